The third-order valence-electron chi connectivity index (χ3n) is 1.72. The molecule has 0 aliphatic heterocycles. The van der Waals surface area contributed by atoms with Gasteiger partial charge in [-0.1, -0.05) is 51.8 Å². The average Bonchev–Trinajstić information content (AvgIpc) is 2.02. The standard InChI is InChI=1S/C10H13Br2N/c1-7(2)13-6-8-3-4-9(11)5-10(8)12/h3-5,7,13H,6H2,1-2H3. The Morgan fingerprint density at radius 1 is 1.31 bits per heavy atom. The van der Waals surface area contributed by atoms with Gasteiger partial charge in [0.05, 0.1) is 0 Å². The fraction of sp³-hybridized carbons (Fsp3) is 0.400. The molecule has 1 aromatic carbocycles. The Bertz CT molecular complexity index is 284. The normalized spacial score (nSPS) is 10.8. The molecule has 0 aliphatic rings. The number of nitrogens with one attached hydrogen (secondary N) is 1. The van der Waals surface area contributed by atoms with Gasteiger partial charge in [-0.3, -0.25) is 0 Å². The molecule has 0 spiro atoms. The van der Waals surface area contributed by atoms with Crippen molar-refractivity contribution < 1.29 is 0 Å². The van der Waals surface area contributed by atoms with Gasteiger partial charge in [0.15, 0.2) is 0 Å². The summed E-state index contributed by atoms with van der Waals surface area (Å²) >= 11 is 6.95. The van der Waals surface area contributed by atoms with Gasteiger partial charge in [-0.2, -0.15) is 0 Å². The first-order valence-corrected chi connectivity index (χ1v) is 5.85. The predicted octanol–water partition coefficient (Wildman–Crippen LogP) is 3.71. The maximum atomic E-state index is 3.53. The minimum absolute atomic E-state index is 0.524. The smallest absolute Gasteiger partial charge is 0.0231 e. The van der Waals surface area contributed by atoms with E-state index in [2.05, 4.69) is 69.2 Å². The topological polar surface area (TPSA) is 12.0 Å². The van der Waals surface area contributed by atoms with Crippen LogP contribution in [-0.2, 0) is 6.54 Å². The molecular formula is C10H13Br2N. The molecule has 0 radical (unpaired) electrons. The largest absolute Gasteiger partial charge is 0.310 e. The van der Waals surface area contributed by atoms with Crippen LogP contribution in [0, 0.1) is 0 Å². The molecule has 0 amide bonds. The van der Waals surface area contributed by atoms with Crippen LogP contribution in [0.15, 0.2) is 27.1 Å². The van der Waals surface area contributed by atoms with Crippen LogP contribution in [0.3, 0.4) is 0 Å². The second-order valence-corrected chi connectivity index (χ2v) is 5.04. The Morgan fingerprint density at radius 3 is 2.54 bits per heavy atom. The zero-order valence-electron chi connectivity index (χ0n) is 7.77. The molecule has 1 rings (SSSR count). The van der Waals surface area contributed by atoms with Gasteiger partial charge < -0.3 is 5.32 Å². The van der Waals surface area contributed by atoms with Crippen molar-refractivity contribution in [1.29, 1.82) is 0 Å². The van der Waals surface area contributed by atoms with Crippen LogP contribution in [0.1, 0.15) is 19.4 Å². The monoisotopic (exact) mass is 305 g/mol. The Kier molecular flexibility index (Phi) is 4.42. The molecule has 0 aliphatic carbocycles. The number of hydrogen-bond donors (Lipinski definition) is 1. The first kappa shape index (κ1) is 11.2. The zero-order valence-corrected chi connectivity index (χ0v) is 10.9. The molecule has 3 heteroatoms. The summed E-state index contributed by atoms with van der Waals surface area (Å²) in [6.45, 7) is 5.20. The number of hydrogen-bond acceptors (Lipinski definition) is 1. The third kappa shape index (κ3) is 3.79. The van der Waals surface area contributed by atoms with Gasteiger partial charge in [0, 0.05) is 21.5 Å². The van der Waals surface area contributed by atoms with Crippen molar-refractivity contribution in [2.45, 2.75) is 26.4 Å². The zero-order chi connectivity index (χ0) is 9.84. The van der Waals surface area contributed by atoms with Crippen LogP contribution >= 0.6 is 31.9 Å². The first-order valence-electron chi connectivity index (χ1n) is 4.27. The summed E-state index contributed by atoms with van der Waals surface area (Å²) in [5.74, 6) is 0. The molecule has 0 atom stereocenters. The van der Waals surface area contributed by atoms with Crippen LogP contribution in [0.2, 0.25) is 0 Å². The quantitative estimate of drug-likeness (QED) is 0.897. The molecule has 0 heterocycles. The molecule has 0 saturated carbocycles. The summed E-state index contributed by atoms with van der Waals surface area (Å²) < 4.78 is 2.25. The van der Waals surface area contributed by atoms with Gasteiger partial charge in [0.2, 0.25) is 0 Å². The van der Waals surface area contributed by atoms with Crippen molar-refractivity contribution in [3.05, 3.63) is 32.7 Å². The van der Waals surface area contributed by atoms with E-state index < -0.39 is 0 Å². The highest BCUT2D eigenvalue weighted by atomic mass is 79.9. The highest BCUT2D eigenvalue weighted by Crippen LogP contribution is 2.21. The summed E-state index contributed by atoms with van der Waals surface area (Å²) in [4.78, 5) is 0. The molecule has 1 nitrogen and oxygen atoms in total. The molecule has 1 aromatic rings. The summed E-state index contributed by atoms with van der Waals surface area (Å²) in [6, 6.07) is 6.76. The minimum Gasteiger partial charge on any atom is -0.310 e. The molecule has 13 heavy (non-hydrogen) atoms. The highest BCUT2D eigenvalue weighted by Gasteiger charge is 2.00. The van der Waals surface area contributed by atoms with E-state index in [1.54, 1.807) is 0 Å². The lowest BCUT2D eigenvalue weighted by Crippen LogP contribution is -2.21. The second-order valence-electron chi connectivity index (χ2n) is 3.27. The number of rotatable bonds is 3. The molecule has 0 fully saturated rings. The van der Waals surface area contributed by atoms with E-state index in [1.165, 1.54) is 5.56 Å². The molecular weight excluding hydrogens is 294 g/mol. The fourth-order valence-corrected chi connectivity index (χ4v) is 2.17. The van der Waals surface area contributed by atoms with E-state index in [0.29, 0.717) is 6.04 Å². The third-order valence-corrected chi connectivity index (χ3v) is 2.95. The van der Waals surface area contributed by atoms with Crippen molar-refractivity contribution in [1.82, 2.24) is 5.32 Å². The molecule has 0 bridgehead atoms. The highest BCUT2D eigenvalue weighted by molar-refractivity contribution is 9.11. The predicted molar refractivity (Wildman–Crippen MR) is 63.8 cm³/mol. The molecule has 0 unspecified atom stereocenters. The average molecular weight is 307 g/mol. The van der Waals surface area contributed by atoms with Crippen molar-refractivity contribution in [3.63, 3.8) is 0 Å². The molecule has 0 saturated heterocycles. The Labute approximate surface area is 96.2 Å². The van der Waals surface area contributed by atoms with Gasteiger partial charge >= 0.3 is 0 Å². The summed E-state index contributed by atoms with van der Waals surface area (Å²) in [7, 11) is 0. The maximum Gasteiger partial charge on any atom is 0.0231 e. The van der Waals surface area contributed by atoms with Crippen LogP contribution in [0.4, 0.5) is 0 Å². The Morgan fingerprint density at radius 2 is 2.00 bits per heavy atom. The molecule has 0 aromatic heterocycles. The number of halogens is 2. The van der Waals surface area contributed by atoms with Crippen molar-refractivity contribution in [2.75, 3.05) is 0 Å². The van der Waals surface area contributed by atoms with Gasteiger partial charge in [0.25, 0.3) is 0 Å². The van der Waals surface area contributed by atoms with Gasteiger partial charge in [0.1, 0.15) is 0 Å². The summed E-state index contributed by atoms with van der Waals surface area (Å²) in [6.07, 6.45) is 0. The SMILES string of the molecule is CC(C)NCc1ccc(Br)cc1Br. The summed E-state index contributed by atoms with van der Waals surface area (Å²) in [5, 5.41) is 3.38. The molecule has 72 valence electrons. The van der Waals surface area contributed by atoms with Gasteiger partial charge in [-0.15, -0.1) is 0 Å². The lowest BCUT2D eigenvalue weighted by molar-refractivity contribution is 0.588. The lowest BCUT2D eigenvalue weighted by Gasteiger charge is -2.09. The van der Waals surface area contributed by atoms with E-state index in [1.807, 2.05) is 0 Å². The van der Waals surface area contributed by atoms with Crippen molar-refractivity contribution in [3.8, 4) is 0 Å². The van der Waals surface area contributed by atoms with Crippen molar-refractivity contribution in [2.24, 2.45) is 0 Å². The fourth-order valence-electron chi connectivity index (χ4n) is 0.979. The van der Waals surface area contributed by atoms with Crippen molar-refractivity contribution >= 4 is 31.9 Å². The first-order chi connectivity index (χ1) is 6.09. The van der Waals surface area contributed by atoms with E-state index in [9.17, 15) is 0 Å². The van der Waals surface area contributed by atoms with E-state index in [4.69, 9.17) is 0 Å². The lowest BCUT2D eigenvalue weighted by atomic mass is 10.2. The second kappa shape index (κ2) is 5.13. The van der Waals surface area contributed by atoms with Crippen LogP contribution in [0.5, 0.6) is 0 Å². The Balaban J connectivity index is 2.67. The number of benzene rings is 1. The van der Waals surface area contributed by atoms with Crippen LogP contribution < -0.4 is 5.32 Å². The molecule has 1 N–H and O–H groups in total. The van der Waals surface area contributed by atoms with Gasteiger partial charge in [-0.05, 0) is 17.7 Å². The van der Waals surface area contributed by atoms with Crippen LogP contribution in [0.25, 0.3) is 0 Å². The van der Waals surface area contributed by atoms with E-state index >= 15 is 0 Å². The van der Waals surface area contributed by atoms with E-state index in [-0.39, 0.29) is 0 Å². The Hall–Kier alpha value is 0.140. The van der Waals surface area contributed by atoms with E-state index in [0.717, 1.165) is 15.5 Å². The van der Waals surface area contributed by atoms with Gasteiger partial charge in [-0.25, -0.2) is 0 Å². The summed E-state index contributed by atoms with van der Waals surface area (Å²) in [5.41, 5.74) is 1.29. The minimum atomic E-state index is 0.524. The maximum absolute atomic E-state index is 3.53. The van der Waals surface area contributed by atoms with Crippen LogP contribution in [-0.4, -0.2) is 6.04 Å².